The Morgan fingerprint density at radius 3 is 1.45 bits per heavy atom. The van der Waals surface area contributed by atoms with E-state index in [9.17, 15) is 43.5 Å². The lowest BCUT2D eigenvalue weighted by molar-refractivity contribution is -0.142. The summed E-state index contributed by atoms with van der Waals surface area (Å²) < 4.78 is 0. The molecule has 2 rings (SSSR count). The summed E-state index contributed by atoms with van der Waals surface area (Å²) in [7, 11) is 0. The Hall–Kier alpha value is -7.06. The van der Waals surface area contributed by atoms with E-state index in [2.05, 4.69) is 52.8 Å². The molecule has 0 unspecified atom stereocenters. The quantitative estimate of drug-likeness (QED) is 0.0219. The number of H-pyrrole nitrogens is 1. The molecule has 2 aromatic rings. The molecule has 1 heterocycles. The standard InChI is InChI=1S/C52H91N17O9/c1-29(2)25-39(46(73)65-38(50(77)78)19-10-12-22-54)68-47(74)40(26-30(3)4)67-45(72)36(18-9-11-21-53)63-44(71)37(20-14-24-61-52(58)59)64-49(76)42(31(5)6)69-48(75)41(27-32-28-62-35-17-8-7-15-33(32)35)66-43(70)34(55)16-13-23-60-51(56)57/h7-8,15,17,28-31,34,36-42,62H,9-14,16,18-27,53-55H2,1-6H3,(H,63,71)(H,64,76)(H,65,73)(H,66,70)(H,67,72)(H,68,74)(H,69,75)(H,77,78)(H4,56,57,60)(H4,58,59,61)/t34-,36-,37-,38-,39-,40-,41-,42-/m0/s1. The molecule has 78 heavy (non-hydrogen) atoms. The van der Waals surface area contributed by atoms with Gasteiger partial charge >= 0.3 is 5.97 Å². The van der Waals surface area contributed by atoms with Gasteiger partial charge in [-0.1, -0.05) is 59.7 Å². The van der Waals surface area contributed by atoms with Crippen LogP contribution in [-0.4, -0.2) is 144 Å². The Kier molecular flexibility index (Phi) is 30.4. The van der Waals surface area contributed by atoms with Gasteiger partial charge in [-0.25, -0.2) is 4.79 Å². The van der Waals surface area contributed by atoms with Gasteiger partial charge in [-0.15, -0.1) is 0 Å². The number of hydrogen-bond donors (Lipinski definition) is 18. The van der Waals surface area contributed by atoms with Gasteiger partial charge in [0.15, 0.2) is 11.9 Å². The number of aromatic amines is 1. The molecular formula is C52H91N17O9. The Balaban J connectivity index is 2.46. The number of unbranched alkanes of at least 4 members (excludes halogenated alkanes) is 2. The Morgan fingerprint density at radius 1 is 0.538 bits per heavy atom. The summed E-state index contributed by atoms with van der Waals surface area (Å²) in [4.78, 5) is 114. The monoisotopic (exact) mass is 1100 g/mol. The van der Waals surface area contributed by atoms with Crippen LogP contribution in [0.2, 0.25) is 0 Å². The number of carboxylic acid groups (broad SMARTS) is 1. The van der Waals surface area contributed by atoms with E-state index in [-0.39, 0.29) is 88.2 Å². The molecule has 23 N–H and O–H groups in total. The molecule has 8 atom stereocenters. The minimum Gasteiger partial charge on any atom is -0.480 e. The van der Waals surface area contributed by atoms with Gasteiger partial charge in [-0.2, -0.15) is 0 Å². The molecule has 1 aromatic heterocycles. The Morgan fingerprint density at radius 2 is 0.962 bits per heavy atom. The van der Waals surface area contributed by atoms with E-state index in [1.165, 1.54) is 0 Å². The second-order valence-electron chi connectivity index (χ2n) is 20.9. The lowest BCUT2D eigenvalue weighted by atomic mass is 9.98. The van der Waals surface area contributed by atoms with E-state index >= 15 is 0 Å². The van der Waals surface area contributed by atoms with E-state index in [4.69, 9.17) is 39.5 Å². The molecule has 0 aliphatic heterocycles. The van der Waals surface area contributed by atoms with Gasteiger partial charge in [0.05, 0.1) is 6.04 Å². The molecule has 1 aromatic carbocycles. The van der Waals surface area contributed by atoms with Crippen LogP contribution in [0, 0.1) is 28.6 Å². The maximum atomic E-state index is 14.5. The third kappa shape index (κ3) is 24.9. The van der Waals surface area contributed by atoms with Crippen LogP contribution < -0.4 is 76.5 Å². The number of aliphatic carboxylic acids is 1. The first-order valence-electron chi connectivity index (χ1n) is 27.1. The highest BCUT2D eigenvalue weighted by molar-refractivity contribution is 5.98. The van der Waals surface area contributed by atoms with Crippen molar-refractivity contribution in [2.24, 2.45) is 46.4 Å². The number of carbonyl (C=O) groups excluding carboxylic acids is 7. The number of nitrogens with two attached hydrogens (primary N) is 5. The first kappa shape index (κ1) is 67.1. The summed E-state index contributed by atoms with van der Waals surface area (Å²) in [5, 5.41) is 50.1. The predicted octanol–water partition coefficient (Wildman–Crippen LogP) is -0.951. The number of rotatable bonds is 38. The molecular weight excluding hydrogens is 1010 g/mol. The number of para-hydroxylation sites is 1. The van der Waals surface area contributed by atoms with Crippen LogP contribution in [0.15, 0.2) is 30.5 Å². The van der Waals surface area contributed by atoms with Crippen LogP contribution >= 0.6 is 0 Å². The van der Waals surface area contributed by atoms with Gasteiger partial charge in [-0.3, -0.25) is 44.4 Å². The van der Waals surface area contributed by atoms with Gasteiger partial charge in [0.2, 0.25) is 41.4 Å². The Bertz CT molecular complexity index is 2270. The fourth-order valence-electron chi connectivity index (χ4n) is 8.54. The van der Waals surface area contributed by atoms with E-state index in [1.54, 1.807) is 20.0 Å². The van der Waals surface area contributed by atoms with Crippen molar-refractivity contribution in [1.29, 1.82) is 10.8 Å². The zero-order chi connectivity index (χ0) is 58.5. The number of fused-ring (bicyclic) bond motifs is 1. The summed E-state index contributed by atoms with van der Waals surface area (Å²) >= 11 is 0. The third-order valence-corrected chi connectivity index (χ3v) is 12.8. The normalized spacial score (nSPS) is 14.4. The van der Waals surface area contributed by atoms with Crippen molar-refractivity contribution in [2.45, 2.75) is 173 Å². The Labute approximate surface area is 457 Å². The van der Waals surface area contributed by atoms with Crippen molar-refractivity contribution in [3.63, 3.8) is 0 Å². The van der Waals surface area contributed by atoms with Gasteiger partial charge in [0, 0.05) is 36.6 Å². The molecule has 0 spiro atoms. The summed E-state index contributed by atoms with van der Waals surface area (Å²) in [6.45, 7) is 11.8. The highest BCUT2D eigenvalue weighted by Crippen LogP contribution is 2.20. The molecule has 0 saturated heterocycles. The van der Waals surface area contributed by atoms with Crippen molar-refractivity contribution >= 4 is 70.1 Å². The summed E-state index contributed by atoms with van der Waals surface area (Å²) in [6.07, 6.45) is 4.85. The second-order valence-corrected chi connectivity index (χ2v) is 20.9. The average molecular weight is 1100 g/mol. The van der Waals surface area contributed by atoms with Crippen molar-refractivity contribution < 1.29 is 43.5 Å². The van der Waals surface area contributed by atoms with E-state index < -0.39 is 102 Å². The summed E-state index contributed by atoms with van der Waals surface area (Å²) in [5.74, 6) is -7.61. The second kappa shape index (κ2) is 35.4. The van der Waals surface area contributed by atoms with Crippen molar-refractivity contribution in [3.05, 3.63) is 36.0 Å². The maximum absolute atomic E-state index is 14.5. The van der Waals surface area contributed by atoms with Gasteiger partial charge in [0.1, 0.15) is 42.3 Å². The minimum absolute atomic E-state index is 0.00510. The minimum atomic E-state index is -1.32. The van der Waals surface area contributed by atoms with E-state index in [1.807, 2.05) is 52.0 Å². The molecule has 7 amide bonds. The van der Waals surface area contributed by atoms with Crippen LogP contribution in [-0.2, 0) is 44.8 Å². The highest BCUT2D eigenvalue weighted by atomic mass is 16.4. The highest BCUT2D eigenvalue weighted by Gasteiger charge is 2.36. The zero-order valence-corrected chi connectivity index (χ0v) is 46.4. The van der Waals surface area contributed by atoms with Crippen LogP contribution in [0.3, 0.4) is 0 Å². The topological polar surface area (TPSA) is 459 Å². The number of amides is 7. The van der Waals surface area contributed by atoms with Gasteiger partial charge in [-0.05, 0) is 120 Å². The van der Waals surface area contributed by atoms with Gasteiger partial charge < -0.3 is 86.6 Å². The summed E-state index contributed by atoms with van der Waals surface area (Å²) in [6, 6.07) is -2.26. The van der Waals surface area contributed by atoms with Crippen molar-refractivity contribution in [1.82, 2.24) is 52.8 Å². The molecule has 0 bridgehead atoms. The smallest absolute Gasteiger partial charge is 0.326 e. The molecule has 26 heteroatoms. The van der Waals surface area contributed by atoms with E-state index in [0.29, 0.717) is 50.8 Å². The number of carbonyl (C=O) groups is 8. The first-order chi connectivity index (χ1) is 36.9. The third-order valence-electron chi connectivity index (χ3n) is 12.8. The SMILES string of the molecule is CC(C)C[C@H](NC(=O)[C@H](CC(C)C)NC(=O)[C@H](CCCCN)NC(=O)[C@H](CCCNC(=N)N)NC(=O)[C@@H](NC(=O)[C@H](Cc1c[nH]c2ccccc12)NC(=O)[C@@H](N)CCCNC(=N)N)C(C)C)C(=O)N[C@@H](CCCCN)C(=O)O. The number of aromatic nitrogens is 1. The number of hydrogen-bond acceptors (Lipinski definition) is 13. The lowest BCUT2D eigenvalue weighted by Crippen LogP contribution is -2.61. The zero-order valence-electron chi connectivity index (χ0n) is 46.4. The molecule has 0 aliphatic rings. The predicted molar refractivity (Wildman–Crippen MR) is 299 cm³/mol. The van der Waals surface area contributed by atoms with E-state index in [0.717, 1.165) is 10.9 Å². The van der Waals surface area contributed by atoms with Crippen molar-refractivity contribution in [3.8, 4) is 0 Å². The molecule has 0 radical (unpaired) electrons. The first-order valence-corrected chi connectivity index (χ1v) is 27.1. The number of guanidine groups is 2. The van der Waals surface area contributed by atoms with Crippen LogP contribution in [0.4, 0.5) is 0 Å². The summed E-state index contributed by atoms with van der Waals surface area (Å²) in [5.41, 5.74) is 30.0. The number of carboxylic acids is 1. The fraction of sp³-hybridized carbons (Fsp3) is 0.654. The largest absolute Gasteiger partial charge is 0.480 e. The lowest BCUT2D eigenvalue weighted by Gasteiger charge is -2.29. The molecule has 0 aliphatic carbocycles. The van der Waals surface area contributed by atoms with Crippen molar-refractivity contribution in [2.75, 3.05) is 26.2 Å². The van der Waals surface area contributed by atoms with Crippen LogP contribution in [0.1, 0.15) is 124 Å². The average Bonchev–Trinajstić information content (AvgIpc) is 3.78. The molecule has 26 nitrogen and oxygen atoms in total. The van der Waals surface area contributed by atoms with Crippen LogP contribution in [0.25, 0.3) is 10.9 Å². The number of benzene rings is 1. The molecule has 0 saturated carbocycles. The van der Waals surface area contributed by atoms with Crippen LogP contribution in [0.5, 0.6) is 0 Å². The van der Waals surface area contributed by atoms with Gasteiger partial charge in [0.25, 0.3) is 0 Å². The molecule has 0 fully saturated rings. The molecule has 438 valence electrons. The maximum Gasteiger partial charge on any atom is 0.326 e. The number of nitrogens with one attached hydrogen (secondary N) is 12. The fourth-order valence-corrected chi connectivity index (χ4v) is 8.54.